The van der Waals surface area contributed by atoms with E-state index in [0.29, 0.717) is 6.04 Å². The molecule has 0 atom stereocenters. The molecule has 0 radical (unpaired) electrons. The van der Waals surface area contributed by atoms with Crippen molar-refractivity contribution in [2.75, 3.05) is 6.54 Å². The Labute approximate surface area is 157 Å². The van der Waals surface area contributed by atoms with Crippen molar-refractivity contribution < 1.29 is 0 Å². The van der Waals surface area contributed by atoms with Crippen LogP contribution >= 0.6 is 12.4 Å². The molecular weight excluding hydrogens is 314 g/mol. The number of rotatable bonds is 14. The van der Waals surface area contributed by atoms with Gasteiger partial charge in [0.25, 0.3) is 0 Å². The molecule has 0 aliphatic carbocycles. The number of benzene rings is 1. The molecule has 0 saturated carbocycles. The molecule has 0 saturated heterocycles. The zero-order chi connectivity index (χ0) is 16.8. The molecular formula is C22H40ClN. The van der Waals surface area contributed by atoms with Crippen molar-refractivity contribution in [3.63, 3.8) is 0 Å². The van der Waals surface area contributed by atoms with Crippen molar-refractivity contribution >= 4 is 12.4 Å². The van der Waals surface area contributed by atoms with Crippen LogP contribution in [-0.4, -0.2) is 17.5 Å². The first-order chi connectivity index (χ1) is 11.2. The minimum atomic E-state index is 0. The Morgan fingerprint density at radius 1 is 0.750 bits per heavy atom. The molecule has 0 aromatic heterocycles. The summed E-state index contributed by atoms with van der Waals surface area (Å²) in [5.41, 5.74) is 1.44. The average molecular weight is 354 g/mol. The Morgan fingerprint density at radius 3 is 1.75 bits per heavy atom. The summed E-state index contributed by atoms with van der Waals surface area (Å²) in [6.45, 7) is 9.26. The minimum Gasteiger partial charge on any atom is -0.297 e. The SMILES string of the molecule is CCCCCCCCCCCCN(Cc1ccccc1)C(C)C.Cl. The molecule has 1 aromatic rings. The van der Waals surface area contributed by atoms with Gasteiger partial charge in [-0.15, -0.1) is 12.4 Å². The van der Waals surface area contributed by atoms with Gasteiger partial charge in [0.15, 0.2) is 0 Å². The van der Waals surface area contributed by atoms with E-state index in [1.807, 2.05) is 0 Å². The van der Waals surface area contributed by atoms with Crippen LogP contribution in [0, 0.1) is 0 Å². The minimum absolute atomic E-state index is 0. The predicted octanol–water partition coefficient (Wildman–Crippen LogP) is 7.24. The molecule has 1 aromatic carbocycles. The zero-order valence-electron chi connectivity index (χ0n) is 16.3. The third kappa shape index (κ3) is 11.9. The van der Waals surface area contributed by atoms with Gasteiger partial charge in [-0.1, -0.05) is 95.0 Å². The standard InChI is InChI=1S/C22H39N.ClH/c1-4-5-6-7-8-9-10-11-12-16-19-23(21(2)3)20-22-17-14-13-15-18-22;/h13-15,17-18,21H,4-12,16,19-20H2,1-3H3;1H. The smallest absolute Gasteiger partial charge is 0.0236 e. The number of unbranched alkanes of at least 4 members (excludes halogenated alkanes) is 9. The summed E-state index contributed by atoms with van der Waals surface area (Å²) in [4.78, 5) is 2.61. The van der Waals surface area contributed by atoms with Gasteiger partial charge in [-0.2, -0.15) is 0 Å². The molecule has 2 heteroatoms. The molecule has 0 aliphatic heterocycles. The number of hydrogen-bond donors (Lipinski definition) is 0. The number of halogens is 1. The number of hydrogen-bond acceptors (Lipinski definition) is 1. The molecule has 0 spiro atoms. The van der Waals surface area contributed by atoms with Crippen LogP contribution in [-0.2, 0) is 6.54 Å². The molecule has 0 bridgehead atoms. The van der Waals surface area contributed by atoms with Crippen LogP contribution in [0.5, 0.6) is 0 Å². The van der Waals surface area contributed by atoms with E-state index in [-0.39, 0.29) is 12.4 Å². The van der Waals surface area contributed by atoms with E-state index >= 15 is 0 Å². The van der Waals surface area contributed by atoms with Gasteiger partial charge in [-0.25, -0.2) is 0 Å². The van der Waals surface area contributed by atoms with Crippen LogP contribution in [0.3, 0.4) is 0 Å². The summed E-state index contributed by atoms with van der Waals surface area (Å²) in [6, 6.07) is 11.5. The van der Waals surface area contributed by atoms with Crippen LogP contribution in [0.1, 0.15) is 90.5 Å². The molecule has 0 aliphatic rings. The normalized spacial score (nSPS) is 11.0. The van der Waals surface area contributed by atoms with E-state index < -0.39 is 0 Å². The maximum absolute atomic E-state index is 2.61. The Hall–Kier alpha value is -0.530. The first-order valence-electron chi connectivity index (χ1n) is 10.0. The Bertz CT molecular complexity index is 363. The maximum atomic E-state index is 2.61. The van der Waals surface area contributed by atoms with Crippen molar-refractivity contribution in [3.8, 4) is 0 Å². The highest BCUT2D eigenvalue weighted by Crippen LogP contribution is 2.13. The van der Waals surface area contributed by atoms with Gasteiger partial charge in [-0.05, 0) is 32.4 Å². The maximum Gasteiger partial charge on any atom is 0.0236 e. The van der Waals surface area contributed by atoms with Crippen molar-refractivity contribution in [1.82, 2.24) is 4.90 Å². The quantitative estimate of drug-likeness (QED) is 0.318. The van der Waals surface area contributed by atoms with E-state index in [1.54, 1.807) is 0 Å². The molecule has 0 amide bonds. The first-order valence-corrected chi connectivity index (χ1v) is 10.0. The van der Waals surface area contributed by atoms with Crippen molar-refractivity contribution in [2.45, 2.75) is 97.6 Å². The van der Waals surface area contributed by atoms with Crippen molar-refractivity contribution in [3.05, 3.63) is 35.9 Å². The fraction of sp³-hybridized carbons (Fsp3) is 0.727. The Kier molecular flexibility index (Phi) is 15.6. The van der Waals surface area contributed by atoms with Crippen LogP contribution in [0.25, 0.3) is 0 Å². The third-order valence-corrected chi connectivity index (χ3v) is 4.76. The lowest BCUT2D eigenvalue weighted by Crippen LogP contribution is -2.31. The highest BCUT2D eigenvalue weighted by atomic mass is 35.5. The second-order valence-corrected chi connectivity index (χ2v) is 7.23. The van der Waals surface area contributed by atoms with Crippen molar-refractivity contribution in [2.24, 2.45) is 0 Å². The molecule has 0 fully saturated rings. The zero-order valence-corrected chi connectivity index (χ0v) is 17.1. The molecule has 1 nitrogen and oxygen atoms in total. The third-order valence-electron chi connectivity index (χ3n) is 4.76. The van der Waals surface area contributed by atoms with E-state index in [1.165, 1.54) is 76.3 Å². The fourth-order valence-corrected chi connectivity index (χ4v) is 3.14. The van der Waals surface area contributed by atoms with Gasteiger partial charge in [0.05, 0.1) is 0 Å². The lowest BCUT2D eigenvalue weighted by Gasteiger charge is -2.26. The topological polar surface area (TPSA) is 3.24 Å². The second kappa shape index (κ2) is 16.0. The van der Waals surface area contributed by atoms with Crippen molar-refractivity contribution in [1.29, 1.82) is 0 Å². The van der Waals surface area contributed by atoms with E-state index in [0.717, 1.165) is 6.54 Å². The molecule has 1 rings (SSSR count). The Morgan fingerprint density at radius 2 is 1.25 bits per heavy atom. The summed E-state index contributed by atoms with van der Waals surface area (Å²) in [5.74, 6) is 0. The lowest BCUT2D eigenvalue weighted by atomic mass is 10.1. The highest BCUT2D eigenvalue weighted by molar-refractivity contribution is 5.85. The van der Waals surface area contributed by atoms with Crippen LogP contribution in [0.15, 0.2) is 30.3 Å². The van der Waals surface area contributed by atoms with Crippen LogP contribution < -0.4 is 0 Å². The molecule has 0 heterocycles. The van der Waals surface area contributed by atoms with Gasteiger partial charge >= 0.3 is 0 Å². The summed E-state index contributed by atoms with van der Waals surface area (Å²) < 4.78 is 0. The Balaban J connectivity index is 0.00000529. The van der Waals surface area contributed by atoms with Gasteiger partial charge in [-0.3, -0.25) is 4.90 Å². The van der Waals surface area contributed by atoms with E-state index in [2.05, 4.69) is 56.0 Å². The lowest BCUT2D eigenvalue weighted by molar-refractivity contribution is 0.208. The van der Waals surface area contributed by atoms with Crippen LogP contribution in [0.2, 0.25) is 0 Å². The van der Waals surface area contributed by atoms with Gasteiger partial charge in [0.2, 0.25) is 0 Å². The predicted molar refractivity (Wildman–Crippen MR) is 111 cm³/mol. The summed E-state index contributed by atoms with van der Waals surface area (Å²) in [7, 11) is 0. The monoisotopic (exact) mass is 353 g/mol. The fourth-order valence-electron chi connectivity index (χ4n) is 3.14. The molecule has 140 valence electrons. The number of nitrogens with zero attached hydrogens (tertiary/aromatic N) is 1. The summed E-state index contributed by atoms with van der Waals surface area (Å²) >= 11 is 0. The highest BCUT2D eigenvalue weighted by Gasteiger charge is 2.09. The molecule has 0 unspecified atom stereocenters. The molecule has 0 N–H and O–H groups in total. The average Bonchev–Trinajstić information content (AvgIpc) is 2.56. The van der Waals surface area contributed by atoms with E-state index in [9.17, 15) is 0 Å². The first kappa shape index (κ1) is 23.5. The van der Waals surface area contributed by atoms with Gasteiger partial charge in [0, 0.05) is 12.6 Å². The largest absolute Gasteiger partial charge is 0.297 e. The summed E-state index contributed by atoms with van der Waals surface area (Å²) in [5, 5.41) is 0. The van der Waals surface area contributed by atoms with Crippen LogP contribution in [0.4, 0.5) is 0 Å². The molecule has 24 heavy (non-hydrogen) atoms. The van der Waals surface area contributed by atoms with Gasteiger partial charge in [0.1, 0.15) is 0 Å². The second-order valence-electron chi connectivity index (χ2n) is 7.23. The van der Waals surface area contributed by atoms with Gasteiger partial charge < -0.3 is 0 Å². The summed E-state index contributed by atoms with van der Waals surface area (Å²) in [6.07, 6.45) is 14.2. The van der Waals surface area contributed by atoms with E-state index in [4.69, 9.17) is 0 Å².